The Morgan fingerprint density at radius 3 is 1.57 bits per heavy atom. The smallest absolute Gasteiger partial charge is 0.336 e. The third-order valence-electron chi connectivity index (χ3n) is 13.8. The molecule has 3 aliphatic heterocycles. The van der Waals surface area contributed by atoms with Crippen molar-refractivity contribution in [2.45, 2.75) is 49.4 Å². The van der Waals surface area contributed by atoms with Crippen LogP contribution in [0, 0.1) is 23.7 Å². The largest absolute Gasteiger partial charge is 0.508 e. The molecule has 7 aliphatic rings. The highest BCUT2D eigenvalue weighted by Crippen LogP contribution is 2.59. The Morgan fingerprint density at radius 2 is 0.973 bits per heavy atom. The molecule has 0 amide bonds. The minimum atomic E-state index is -0.369. The number of hydrogen-bond acceptors (Lipinski definition) is 17. The maximum Gasteiger partial charge on any atom is 0.336 e. The van der Waals surface area contributed by atoms with Gasteiger partial charge < -0.3 is 71.8 Å². The molecule has 13 rings (SSSR count). The van der Waals surface area contributed by atoms with Crippen LogP contribution >= 0.6 is 0 Å². The van der Waals surface area contributed by atoms with Crippen molar-refractivity contribution in [3.05, 3.63) is 136 Å². The van der Waals surface area contributed by atoms with Gasteiger partial charge in [-0.3, -0.25) is 4.79 Å². The third-order valence-corrected chi connectivity index (χ3v) is 13.8. The molecule has 4 heterocycles. The quantitative estimate of drug-likeness (QED) is 0.0402. The zero-order valence-corrected chi connectivity index (χ0v) is 41.8. The van der Waals surface area contributed by atoms with Crippen LogP contribution in [0.1, 0.15) is 71.6 Å². The standard InChI is InChI=1S/C12H12O4.C12H16O4.C12H14O3.C11H10O4.C10H10O2/c1-14-6-15-9-3-2-4-10-11(9)7-5-8(7)12(13)16-10;1-15-7-16-11-4-2-3-10(14)12(11)9-5-8(9)6-13;1-13-7-15-11-4-2-3-10-12(11)9-5-8(9)6-14-10;1-13-7-14-9-3-2-4-10-8(9)5-6-11(12)15-10;11-8-2-1-3-9-10(8)7-4-6(7)5-12-9/h2-4,7-8H,5-6H2,1H3;2-4,8-9,13-14H,5-7H2,1H3;2-4,8-9H,5-7H2,1H3;2-6H,7H2,1H3;1-3,6-7,11H,4-5H2. The van der Waals surface area contributed by atoms with E-state index in [4.69, 9.17) is 61.6 Å². The van der Waals surface area contributed by atoms with Crippen molar-refractivity contribution >= 4 is 16.9 Å². The number of carbonyl (C=O) groups is 1. The molecule has 17 nitrogen and oxygen atoms in total. The molecule has 0 radical (unpaired) electrons. The van der Waals surface area contributed by atoms with Crippen molar-refractivity contribution in [1.29, 1.82) is 0 Å². The Balaban J connectivity index is 0.000000114. The first-order chi connectivity index (χ1) is 36.2. The van der Waals surface area contributed by atoms with Crippen LogP contribution < -0.4 is 38.8 Å². The van der Waals surface area contributed by atoms with Crippen molar-refractivity contribution in [2.24, 2.45) is 23.7 Å². The topological polar surface area (TPSA) is 210 Å². The number of carbonyl (C=O) groups excluding carboxylic acids is 1. The van der Waals surface area contributed by atoms with E-state index in [9.17, 15) is 19.8 Å². The normalized spacial score (nSPS) is 22.8. The summed E-state index contributed by atoms with van der Waals surface area (Å²) in [6, 6.07) is 30.5. The van der Waals surface area contributed by atoms with Crippen LogP contribution in [-0.2, 0) is 23.7 Å². The van der Waals surface area contributed by atoms with E-state index < -0.39 is 0 Å². The van der Waals surface area contributed by atoms with Gasteiger partial charge in [0, 0.05) is 81.1 Å². The summed E-state index contributed by atoms with van der Waals surface area (Å²) in [5.74, 6) is 9.39. The molecule has 0 bridgehead atoms. The lowest BCUT2D eigenvalue weighted by Gasteiger charge is -2.19. The molecule has 4 fully saturated rings. The molecule has 392 valence electrons. The predicted octanol–water partition coefficient (Wildman–Crippen LogP) is 8.99. The molecule has 4 aliphatic carbocycles. The fraction of sp³-hybridized carbons (Fsp3) is 0.404. The van der Waals surface area contributed by atoms with Gasteiger partial charge in [-0.2, -0.15) is 0 Å². The number of esters is 1. The van der Waals surface area contributed by atoms with Crippen LogP contribution in [0.3, 0.4) is 0 Å². The number of fused-ring (bicyclic) bond motifs is 10. The maximum absolute atomic E-state index is 11.4. The summed E-state index contributed by atoms with van der Waals surface area (Å²) in [4.78, 5) is 22.4. The Hall–Kier alpha value is -7.02. The van der Waals surface area contributed by atoms with Gasteiger partial charge in [-0.1, -0.05) is 30.3 Å². The molecule has 3 N–H and O–H groups in total. The Bertz CT molecular complexity index is 2940. The average Bonchev–Trinajstić information content (AvgIpc) is 4.20. The van der Waals surface area contributed by atoms with E-state index in [1.165, 1.54) is 24.5 Å². The van der Waals surface area contributed by atoms with E-state index >= 15 is 0 Å². The molecule has 8 atom stereocenters. The highest BCUT2D eigenvalue weighted by Gasteiger charge is 2.52. The molecule has 1 aromatic heterocycles. The molecule has 8 unspecified atom stereocenters. The number of benzene rings is 5. The van der Waals surface area contributed by atoms with Gasteiger partial charge in [-0.25, -0.2) is 4.79 Å². The van der Waals surface area contributed by atoms with Crippen molar-refractivity contribution in [3.8, 4) is 51.7 Å². The number of hydrogen-bond donors (Lipinski definition) is 3. The van der Waals surface area contributed by atoms with E-state index in [1.807, 2.05) is 42.5 Å². The second-order valence-electron chi connectivity index (χ2n) is 18.8. The highest BCUT2D eigenvalue weighted by molar-refractivity contribution is 5.84. The number of phenols is 2. The minimum absolute atomic E-state index is 0.0415. The van der Waals surface area contributed by atoms with Crippen molar-refractivity contribution in [1.82, 2.24) is 0 Å². The first-order valence-corrected chi connectivity index (χ1v) is 24.6. The zero-order valence-electron chi connectivity index (χ0n) is 41.8. The molecule has 0 saturated heterocycles. The number of methoxy groups -OCH3 is 4. The van der Waals surface area contributed by atoms with E-state index in [-0.39, 0.29) is 68.0 Å². The molecule has 6 aromatic rings. The second kappa shape index (κ2) is 23.9. The minimum Gasteiger partial charge on any atom is -0.508 e. The highest BCUT2D eigenvalue weighted by atomic mass is 16.7. The number of aliphatic hydroxyl groups is 1. The zero-order chi connectivity index (χ0) is 51.7. The van der Waals surface area contributed by atoms with Gasteiger partial charge >= 0.3 is 11.6 Å². The molecule has 4 saturated carbocycles. The lowest BCUT2D eigenvalue weighted by Crippen LogP contribution is -2.17. The summed E-state index contributed by atoms with van der Waals surface area (Å²) in [5, 5.41) is 29.2. The summed E-state index contributed by atoms with van der Waals surface area (Å²) in [7, 11) is 6.31. The van der Waals surface area contributed by atoms with Gasteiger partial charge in [-0.05, 0) is 116 Å². The average molecular weight is 1020 g/mol. The molecular formula is C57H62O17. The lowest BCUT2D eigenvalue weighted by molar-refractivity contribution is -0.136. The van der Waals surface area contributed by atoms with Crippen LogP contribution in [0.2, 0.25) is 0 Å². The predicted molar refractivity (Wildman–Crippen MR) is 269 cm³/mol. The van der Waals surface area contributed by atoms with Gasteiger partial charge in [0.15, 0.2) is 27.2 Å². The summed E-state index contributed by atoms with van der Waals surface area (Å²) >= 11 is 0. The van der Waals surface area contributed by atoms with E-state index in [0.29, 0.717) is 59.0 Å². The van der Waals surface area contributed by atoms with Crippen LogP contribution in [0.4, 0.5) is 0 Å². The monoisotopic (exact) mass is 1020 g/mol. The fourth-order valence-corrected chi connectivity index (χ4v) is 9.72. The number of aliphatic hydroxyl groups excluding tert-OH is 1. The second-order valence-corrected chi connectivity index (χ2v) is 18.8. The molecule has 5 aromatic carbocycles. The van der Waals surface area contributed by atoms with Crippen LogP contribution in [0.15, 0.2) is 112 Å². The number of rotatable bonds is 14. The third kappa shape index (κ3) is 12.1. The first kappa shape index (κ1) is 51.9. The van der Waals surface area contributed by atoms with Gasteiger partial charge in [-0.15, -0.1) is 0 Å². The molecule has 17 heteroatoms. The van der Waals surface area contributed by atoms with Gasteiger partial charge in [0.2, 0.25) is 0 Å². The summed E-state index contributed by atoms with van der Waals surface area (Å²) in [6.07, 6.45) is 4.20. The Morgan fingerprint density at radius 1 is 0.486 bits per heavy atom. The van der Waals surface area contributed by atoms with Crippen LogP contribution in [0.25, 0.3) is 11.0 Å². The van der Waals surface area contributed by atoms with Gasteiger partial charge in [0.25, 0.3) is 0 Å². The van der Waals surface area contributed by atoms with Crippen molar-refractivity contribution in [2.75, 3.05) is 75.4 Å². The van der Waals surface area contributed by atoms with E-state index in [0.717, 1.165) is 71.1 Å². The number of ether oxygens (including phenoxy) is 11. The van der Waals surface area contributed by atoms with Crippen LogP contribution in [0.5, 0.6) is 51.7 Å². The Labute approximate surface area is 428 Å². The van der Waals surface area contributed by atoms with E-state index in [1.54, 1.807) is 83.0 Å². The lowest BCUT2D eigenvalue weighted by atomic mass is 10.0. The fourth-order valence-electron chi connectivity index (χ4n) is 9.72. The maximum atomic E-state index is 11.4. The summed E-state index contributed by atoms with van der Waals surface area (Å²) in [6.45, 7) is 2.69. The van der Waals surface area contributed by atoms with Crippen molar-refractivity contribution < 1.29 is 76.6 Å². The van der Waals surface area contributed by atoms with Crippen molar-refractivity contribution in [3.63, 3.8) is 0 Å². The Kier molecular flexibility index (Phi) is 16.7. The molecule has 74 heavy (non-hydrogen) atoms. The van der Waals surface area contributed by atoms with Gasteiger partial charge in [0.05, 0.1) is 24.5 Å². The number of phenolic OH excluding ortho intramolecular Hbond substituents is 2. The van der Waals surface area contributed by atoms with Gasteiger partial charge in [0.1, 0.15) is 57.3 Å². The summed E-state index contributed by atoms with van der Waals surface area (Å²) in [5.41, 5.74) is 4.23. The molecule has 0 spiro atoms. The van der Waals surface area contributed by atoms with E-state index in [2.05, 4.69) is 0 Å². The summed E-state index contributed by atoms with van der Waals surface area (Å²) < 4.78 is 62.6. The molecular weight excluding hydrogens is 957 g/mol. The SMILES string of the molecule is COCOc1cccc(O)c1C1CC1CO.COCOc1cccc2c1C1CC1C(=O)O2.COCOc1cccc2c1C1CC1CO2.COCOc1cccc2oc(=O)ccc12.Oc1cccc2c1C1CC1CO2. The first-order valence-electron chi connectivity index (χ1n) is 24.6. The number of aromatic hydroxyl groups is 2. The van der Waals surface area contributed by atoms with Crippen LogP contribution in [-0.4, -0.2) is 96.7 Å².